The van der Waals surface area contributed by atoms with Crippen LogP contribution in [0.1, 0.15) is 5.69 Å². The SMILES string of the molecule is Cc1cc(NC(=O)N2CCN(S(=O)(=O)c3ccccc3)CC2)nn1C. The molecule has 2 aromatic rings. The zero-order valence-corrected chi connectivity index (χ0v) is 15.0. The summed E-state index contributed by atoms with van der Waals surface area (Å²) in [5.41, 5.74) is 0.939. The molecule has 1 fully saturated rings. The summed E-state index contributed by atoms with van der Waals surface area (Å²) in [5, 5.41) is 6.94. The Balaban J connectivity index is 1.61. The Labute approximate surface area is 147 Å². The van der Waals surface area contributed by atoms with Crippen LogP contribution in [0, 0.1) is 6.92 Å². The number of sulfonamides is 1. The topological polar surface area (TPSA) is 87.5 Å². The number of rotatable bonds is 3. The van der Waals surface area contributed by atoms with Crippen molar-refractivity contribution in [2.45, 2.75) is 11.8 Å². The van der Waals surface area contributed by atoms with E-state index in [1.165, 1.54) is 4.31 Å². The fraction of sp³-hybridized carbons (Fsp3) is 0.375. The number of benzene rings is 1. The number of anilines is 1. The van der Waals surface area contributed by atoms with E-state index in [1.54, 1.807) is 53.0 Å². The summed E-state index contributed by atoms with van der Waals surface area (Å²) < 4.78 is 28.3. The number of amides is 2. The first-order chi connectivity index (χ1) is 11.9. The fourth-order valence-electron chi connectivity index (χ4n) is 2.68. The van der Waals surface area contributed by atoms with E-state index >= 15 is 0 Å². The lowest BCUT2D eigenvalue weighted by molar-refractivity contribution is 0.184. The standard InChI is InChI=1S/C16H21N5O3S/c1-13-12-15(18-19(13)2)17-16(22)20-8-10-21(11-9-20)25(23,24)14-6-4-3-5-7-14/h3-7,12H,8-11H2,1-2H3,(H,17,18,22). The number of nitrogens with one attached hydrogen (secondary N) is 1. The molecule has 134 valence electrons. The summed E-state index contributed by atoms with van der Waals surface area (Å²) in [4.78, 5) is 14.2. The molecule has 25 heavy (non-hydrogen) atoms. The van der Waals surface area contributed by atoms with Crippen LogP contribution in [0.5, 0.6) is 0 Å². The van der Waals surface area contributed by atoms with Crippen molar-refractivity contribution in [1.29, 1.82) is 0 Å². The van der Waals surface area contributed by atoms with Crippen molar-refractivity contribution in [2.24, 2.45) is 7.05 Å². The van der Waals surface area contributed by atoms with E-state index in [1.807, 2.05) is 6.92 Å². The van der Waals surface area contributed by atoms with Crippen molar-refractivity contribution in [3.05, 3.63) is 42.1 Å². The third-order valence-corrected chi connectivity index (χ3v) is 6.17. The van der Waals surface area contributed by atoms with Crippen LogP contribution in [0.25, 0.3) is 0 Å². The van der Waals surface area contributed by atoms with Gasteiger partial charge in [-0.1, -0.05) is 18.2 Å². The lowest BCUT2D eigenvalue weighted by Gasteiger charge is -2.33. The number of urea groups is 1. The van der Waals surface area contributed by atoms with Gasteiger partial charge in [0, 0.05) is 45.0 Å². The summed E-state index contributed by atoms with van der Waals surface area (Å²) in [7, 11) is -1.71. The predicted octanol–water partition coefficient (Wildman–Crippen LogP) is 1.27. The Morgan fingerprint density at radius 2 is 1.76 bits per heavy atom. The second-order valence-electron chi connectivity index (χ2n) is 5.93. The van der Waals surface area contributed by atoms with Crippen molar-refractivity contribution in [3.63, 3.8) is 0 Å². The second-order valence-corrected chi connectivity index (χ2v) is 7.87. The van der Waals surface area contributed by atoms with E-state index in [9.17, 15) is 13.2 Å². The van der Waals surface area contributed by atoms with Gasteiger partial charge in [-0.25, -0.2) is 13.2 Å². The molecule has 1 aromatic heterocycles. The zero-order chi connectivity index (χ0) is 18.0. The van der Waals surface area contributed by atoms with Crippen LogP contribution < -0.4 is 5.32 Å². The van der Waals surface area contributed by atoms with Gasteiger partial charge in [0.05, 0.1) is 4.90 Å². The molecule has 1 aliphatic rings. The molecule has 1 saturated heterocycles. The fourth-order valence-corrected chi connectivity index (χ4v) is 4.13. The molecule has 0 bridgehead atoms. The first-order valence-electron chi connectivity index (χ1n) is 8.00. The second kappa shape index (κ2) is 6.85. The molecule has 2 amide bonds. The number of hydrogen-bond donors (Lipinski definition) is 1. The number of hydrogen-bond acceptors (Lipinski definition) is 4. The van der Waals surface area contributed by atoms with Crippen molar-refractivity contribution in [3.8, 4) is 0 Å². The minimum atomic E-state index is -3.51. The molecule has 3 rings (SSSR count). The number of piperazine rings is 1. The van der Waals surface area contributed by atoms with Gasteiger partial charge in [0.25, 0.3) is 0 Å². The van der Waals surface area contributed by atoms with Gasteiger partial charge in [-0.3, -0.25) is 10.00 Å². The molecular weight excluding hydrogens is 342 g/mol. The molecule has 0 atom stereocenters. The Morgan fingerprint density at radius 1 is 1.12 bits per heavy atom. The summed E-state index contributed by atoms with van der Waals surface area (Å²) in [6.45, 7) is 3.11. The average molecular weight is 363 g/mol. The molecule has 0 aliphatic carbocycles. The smallest absolute Gasteiger partial charge is 0.322 e. The van der Waals surface area contributed by atoms with Gasteiger partial charge in [0.15, 0.2) is 5.82 Å². The minimum absolute atomic E-state index is 0.269. The number of nitrogens with zero attached hydrogens (tertiary/aromatic N) is 4. The highest BCUT2D eigenvalue weighted by molar-refractivity contribution is 7.89. The lowest BCUT2D eigenvalue weighted by atomic mass is 10.4. The first kappa shape index (κ1) is 17.4. The van der Waals surface area contributed by atoms with Gasteiger partial charge in [0.1, 0.15) is 0 Å². The van der Waals surface area contributed by atoms with Crippen molar-refractivity contribution in [2.75, 3.05) is 31.5 Å². The van der Waals surface area contributed by atoms with Gasteiger partial charge in [0.2, 0.25) is 10.0 Å². The normalized spacial score (nSPS) is 16.0. The van der Waals surface area contributed by atoms with Crippen LogP contribution in [0.2, 0.25) is 0 Å². The van der Waals surface area contributed by atoms with Gasteiger partial charge >= 0.3 is 6.03 Å². The van der Waals surface area contributed by atoms with Crippen LogP contribution in [-0.4, -0.2) is 59.6 Å². The average Bonchev–Trinajstić information content (AvgIpc) is 2.93. The zero-order valence-electron chi connectivity index (χ0n) is 14.2. The maximum atomic E-state index is 12.6. The van der Waals surface area contributed by atoms with Crippen molar-refractivity contribution >= 4 is 21.9 Å². The highest BCUT2D eigenvalue weighted by Crippen LogP contribution is 2.17. The predicted molar refractivity (Wildman–Crippen MR) is 93.7 cm³/mol. The van der Waals surface area contributed by atoms with Gasteiger partial charge < -0.3 is 4.90 Å². The molecular formula is C16H21N5O3S. The van der Waals surface area contributed by atoms with Crippen molar-refractivity contribution < 1.29 is 13.2 Å². The Kier molecular flexibility index (Phi) is 4.78. The molecule has 1 aliphatic heterocycles. The lowest BCUT2D eigenvalue weighted by Crippen LogP contribution is -2.51. The van der Waals surface area contributed by atoms with Crippen LogP contribution in [0.4, 0.5) is 10.6 Å². The van der Waals surface area contributed by atoms with Crippen LogP contribution in [-0.2, 0) is 17.1 Å². The summed E-state index contributed by atoms with van der Waals surface area (Å²) in [6.07, 6.45) is 0. The largest absolute Gasteiger partial charge is 0.323 e. The maximum absolute atomic E-state index is 12.6. The Bertz CT molecular complexity index is 836. The summed E-state index contributed by atoms with van der Waals surface area (Å²) >= 11 is 0. The van der Waals surface area contributed by atoms with E-state index in [4.69, 9.17) is 0 Å². The van der Waals surface area contributed by atoms with Gasteiger partial charge in [-0.05, 0) is 19.1 Å². The monoisotopic (exact) mass is 363 g/mol. The summed E-state index contributed by atoms with van der Waals surface area (Å²) in [6, 6.07) is 9.86. The Hall–Kier alpha value is -2.39. The van der Waals surface area contributed by atoms with E-state index in [0.29, 0.717) is 18.9 Å². The van der Waals surface area contributed by atoms with Crippen LogP contribution in [0.3, 0.4) is 0 Å². The molecule has 2 heterocycles. The number of carbonyl (C=O) groups is 1. The number of carbonyl (C=O) groups excluding carboxylic acids is 1. The minimum Gasteiger partial charge on any atom is -0.322 e. The third-order valence-electron chi connectivity index (χ3n) is 4.26. The van der Waals surface area contributed by atoms with Gasteiger partial charge in [-0.15, -0.1) is 0 Å². The maximum Gasteiger partial charge on any atom is 0.323 e. The van der Waals surface area contributed by atoms with E-state index in [-0.39, 0.29) is 24.0 Å². The van der Waals surface area contributed by atoms with Crippen molar-refractivity contribution in [1.82, 2.24) is 19.0 Å². The summed E-state index contributed by atoms with van der Waals surface area (Å²) in [5.74, 6) is 0.490. The molecule has 0 spiro atoms. The third kappa shape index (κ3) is 3.67. The quantitative estimate of drug-likeness (QED) is 0.889. The molecule has 1 N–H and O–H groups in total. The van der Waals surface area contributed by atoms with Gasteiger partial charge in [-0.2, -0.15) is 9.40 Å². The molecule has 0 radical (unpaired) electrons. The molecule has 1 aromatic carbocycles. The van der Waals surface area contributed by atoms with E-state index in [2.05, 4.69) is 10.4 Å². The van der Waals surface area contributed by atoms with E-state index in [0.717, 1.165) is 5.69 Å². The van der Waals surface area contributed by atoms with E-state index < -0.39 is 10.0 Å². The number of aromatic nitrogens is 2. The molecule has 8 nitrogen and oxygen atoms in total. The highest BCUT2D eigenvalue weighted by Gasteiger charge is 2.30. The van der Waals surface area contributed by atoms with Crippen LogP contribution >= 0.6 is 0 Å². The Morgan fingerprint density at radius 3 is 2.32 bits per heavy atom. The first-order valence-corrected chi connectivity index (χ1v) is 9.44. The number of aryl methyl sites for hydroxylation is 2. The highest BCUT2D eigenvalue weighted by atomic mass is 32.2. The van der Waals surface area contributed by atoms with Crippen LogP contribution in [0.15, 0.2) is 41.3 Å². The molecule has 0 saturated carbocycles. The molecule has 0 unspecified atom stereocenters. The molecule has 9 heteroatoms.